The van der Waals surface area contributed by atoms with Gasteiger partial charge in [-0.25, -0.2) is 0 Å². The summed E-state index contributed by atoms with van der Waals surface area (Å²) in [7, 11) is 0. The van der Waals surface area contributed by atoms with Gasteiger partial charge in [0, 0.05) is 43.2 Å². The number of aromatic nitrogens is 1. The van der Waals surface area contributed by atoms with Crippen molar-refractivity contribution < 1.29 is 9.59 Å². The van der Waals surface area contributed by atoms with E-state index < -0.39 is 0 Å². The lowest BCUT2D eigenvalue weighted by Crippen LogP contribution is -2.37. The average Bonchev–Trinajstić information content (AvgIpc) is 2.84. The maximum atomic E-state index is 12.1. The van der Waals surface area contributed by atoms with E-state index in [1.54, 1.807) is 6.20 Å². The molecule has 1 saturated carbocycles. The van der Waals surface area contributed by atoms with Gasteiger partial charge >= 0.3 is 0 Å². The number of carbonyl (C=O) groups is 2. The lowest BCUT2D eigenvalue weighted by Gasteiger charge is -2.17. The van der Waals surface area contributed by atoms with Crippen molar-refractivity contribution in [3.05, 3.63) is 29.6 Å². The zero-order valence-electron chi connectivity index (χ0n) is 15.5. The smallest absolute Gasteiger partial charge is 0.220 e. The van der Waals surface area contributed by atoms with Crippen molar-refractivity contribution in [3.63, 3.8) is 0 Å². The second-order valence-corrected chi connectivity index (χ2v) is 7.20. The molecule has 0 spiro atoms. The monoisotopic (exact) mass is 345 g/mol. The van der Waals surface area contributed by atoms with Gasteiger partial charge in [-0.15, -0.1) is 0 Å². The van der Waals surface area contributed by atoms with E-state index in [4.69, 9.17) is 0 Å². The molecule has 1 aliphatic carbocycles. The second kappa shape index (κ2) is 10.2. The third-order valence-corrected chi connectivity index (χ3v) is 4.82. The number of pyridine rings is 1. The SMILES string of the molecule is Cc1cccnc1CC(C)NC(=O)CCC(=O)NC1CCCCCC1. The molecule has 2 N–H and O–H groups in total. The lowest BCUT2D eigenvalue weighted by atomic mass is 10.1. The van der Waals surface area contributed by atoms with Crippen LogP contribution in [0.25, 0.3) is 0 Å². The summed E-state index contributed by atoms with van der Waals surface area (Å²) in [6, 6.07) is 4.24. The zero-order valence-corrected chi connectivity index (χ0v) is 15.5. The third kappa shape index (κ3) is 7.24. The van der Waals surface area contributed by atoms with Crippen molar-refractivity contribution in [2.75, 3.05) is 0 Å². The highest BCUT2D eigenvalue weighted by molar-refractivity contribution is 5.83. The van der Waals surface area contributed by atoms with Crippen molar-refractivity contribution in [1.29, 1.82) is 0 Å². The number of hydrogen-bond donors (Lipinski definition) is 2. The molecule has 2 rings (SSSR count). The Morgan fingerprint density at radius 3 is 2.52 bits per heavy atom. The van der Waals surface area contributed by atoms with E-state index in [0.717, 1.165) is 24.1 Å². The molecule has 1 atom stereocenters. The molecule has 1 aromatic rings. The fourth-order valence-electron chi connectivity index (χ4n) is 3.37. The molecule has 0 saturated heterocycles. The van der Waals surface area contributed by atoms with Crippen LogP contribution in [0.1, 0.15) is 69.5 Å². The van der Waals surface area contributed by atoms with Crippen molar-refractivity contribution in [1.82, 2.24) is 15.6 Å². The van der Waals surface area contributed by atoms with Crippen LogP contribution >= 0.6 is 0 Å². The molecule has 0 bridgehead atoms. The fourth-order valence-corrected chi connectivity index (χ4v) is 3.37. The first-order valence-corrected chi connectivity index (χ1v) is 9.54. The summed E-state index contributed by atoms with van der Waals surface area (Å²) >= 11 is 0. The van der Waals surface area contributed by atoms with Gasteiger partial charge in [0.1, 0.15) is 0 Å². The molecule has 0 radical (unpaired) electrons. The van der Waals surface area contributed by atoms with Crippen LogP contribution in [0.15, 0.2) is 18.3 Å². The highest BCUT2D eigenvalue weighted by Gasteiger charge is 2.16. The van der Waals surface area contributed by atoms with Gasteiger partial charge in [-0.3, -0.25) is 14.6 Å². The molecule has 25 heavy (non-hydrogen) atoms. The highest BCUT2D eigenvalue weighted by atomic mass is 16.2. The van der Waals surface area contributed by atoms with E-state index in [1.165, 1.54) is 25.7 Å². The van der Waals surface area contributed by atoms with Crippen LogP contribution in [0, 0.1) is 6.92 Å². The Balaban J connectivity index is 1.67. The third-order valence-electron chi connectivity index (χ3n) is 4.82. The maximum absolute atomic E-state index is 12.1. The first-order valence-electron chi connectivity index (χ1n) is 9.54. The molecule has 1 unspecified atom stereocenters. The molecule has 1 aliphatic rings. The van der Waals surface area contributed by atoms with E-state index in [0.29, 0.717) is 12.5 Å². The van der Waals surface area contributed by atoms with E-state index in [9.17, 15) is 9.59 Å². The van der Waals surface area contributed by atoms with Crippen LogP contribution in [0.5, 0.6) is 0 Å². The van der Waals surface area contributed by atoms with Gasteiger partial charge in [-0.05, 0) is 38.3 Å². The van der Waals surface area contributed by atoms with Gasteiger partial charge in [0.25, 0.3) is 0 Å². The van der Waals surface area contributed by atoms with Crippen LogP contribution in [-0.4, -0.2) is 28.9 Å². The van der Waals surface area contributed by atoms with Crippen LogP contribution in [0.3, 0.4) is 0 Å². The summed E-state index contributed by atoms with van der Waals surface area (Å²) in [6.45, 7) is 3.99. The Morgan fingerprint density at radius 2 is 1.84 bits per heavy atom. The standard InChI is InChI=1S/C20H31N3O2/c1-15-8-7-13-21-18(15)14-16(2)22-19(24)11-12-20(25)23-17-9-5-3-4-6-10-17/h7-8,13,16-17H,3-6,9-12,14H2,1-2H3,(H,22,24)(H,23,25). The Morgan fingerprint density at radius 1 is 1.16 bits per heavy atom. The Kier molecular flexibility index (Phi) is 7.89. The first kappa shape index (κ1) is 19.4. The topological polar surface area (TPSA) is 71.1 Å². The largest absolute Gasteiger partial charge is 0.353 e. The van der Waals surface area contributed by atoms with Crippen LogP contribution in [0.2, 0.25) is 0 Å². The van der Waals surface area contributed by atoms with E-state index in [2.05, 4.69) is 15.6 Å². The number of aryl methyl sites for hydroxylation is 1. The van der Waals surface area contributed by atoms with Crippen molar-refractivity contribution >= 4 is 11.8 Å². The van der Waals surface area contributed by atoms with Crippen molar-refractivity contribution in [2.24, 2.45) is 0 Å². The molecule has 138 valence electrons. The molecular formula is C20H31N3O2. The zero-order chi connectivity index (χ0) is 18.1. The molecule has 0 aliphatic heterocycles. The van der Waals surface area contributed by atoms with Gasteiger partial charge < -0.3 is 10.6 Å². The van der Waals surface area contributed by atoms with Gasteiger partial charge in [-0.1, -0.05) is 31.7 Å². The predicted molar refractivity (Wildman–Crippen MR) is 99.1 cm³/mol. The summed E-state index contributed by atoms with van der Waals surface area (Å²) in [6.07, 6.45) is 10.0. The molecule has 5 nitrogen and oxygen atoms in total. The number of hydrogen-bond acceptors (Lipinski definition) is 3. The number of rotatable bonds is 7. The van der Waals surface area contributed by atoms with Gasteiger partial charge in [0.05, 0.1) is 0 Å². The van der Waals surface area contributed by atoms with E-state index in [-0.39, 0.29) is 30.7 Å². The first-order chi connectivity index (χ1) is 12.0. The summed E-state index contributed by atoms with van der Waals surface area (Å²) in [5.74, 6) is -0.0765. The Bertz CT molecular complexity index is 566. The number of nitrogens with zero attached hydrogens (tertiary/aromatic N) is 1. The van der Waals surface area contributed by atoms with E-state index >= 15 is 0 Å². The van der Waals surface area contributed by atoms with Crippen LogP contribution in [0.4, 0.5) is 0 Å². The van der Waals surface area contributed by atoms with Crippen LogP contribution < -0.4 is 10.6 Å². The predicted octanol–water partition coefficient (Wildman–Crippen LogP) is 3.06. The summed E-state index contributed by atoms with van der Waals surface area (Å²) in [5, 5.41) is 6.05. The minimum absolute atomic E-state index is 0.00438. The normalized spacial score (nSPS) is 16.7. The number of amides is 2. The molecule has 1 fully saturated rings. The summed E-state index contributed by atoms with van der Waals surface area (Å²) in [4.78, 5) is 28.5. The van der Waals surface area contributed by atoms with Gasteiger partial charge in [0.2, 0.25) is 11.8 Å². The molecule has 1 aromatic heterocycles. The summed E-state index contributed by atoms with van der Waals surface area (Å²) in [5.41, 5.74) is 2.13. The molecular weight excluding hydrogens is 314 g/mol. The van der Waals surface area contributed by atoms with E-state index in [1.807, 2.05) is 26.0 Å². The summed E-state index contributed by atoms with van der Waals surface area (Å²) < 4.78 is 0. The van der Waals surface area contributed by atoms with Crippen molar-refractivity contribution in [2.45, 2.75) is 83.7 Å². The quantitative estimate of drug-likeness (QED) is 0.746. The Labute approximate surface area is 151 Å². The Hall–Kier alpha value is -1.91. The minimum Gasteiger partial charge on any atom is -0.353 e. The minimum atomic E-state index is -0.0721. The lowest BCUT2D eigenvalue weighted by molar-refractivity contribution is -0.127. The van der Waals surface area contributed by atoms with Crippen molar-refractivity contribution in [3.8, 4) is 0 Å². The van der Waals surface area contributed by atoms with Gasteiger partial charge in [-0.2, -0.15) is 0 Å². The number of nitrogens with one attached hydrogen (secondary N) is 2. The molecule has 0 aromatic carbocycles. The average molecular weight is 345 g/mol. The number of carbonyl (C=O) groups excluding carboxylic acids is 2. The second-order valence-electron chi connectivity index (χ2n) is 7.20. The molecule has 2 amide bonds. The highest BCUT2D eigenvalue weighted by Crippen LogP contribution is 2.17. The van der Waals surface area contributed by atoms with Crippen LogP contribution in [-0.2, 0) is 16.0 Å². The maximum Gasteiger partial charge on any atom is 0.220 e. The fraction of sp³-hybridized carbons (Fsp3) is 0.650. The molecule has 5 heteroatoms. The van der Waals surface area contributed by atoms with Gasteiger partial charge in [0.15, 0.2) is 0 Å². The molecule has 1 heterocycles.